The lowest BCUT2D eigenvalue weighted by molar-refractivity contribution is 0.233. The third-order valence-corrected chi connectivity index (χ3v) is 6.02. The Balaban J connectivity index is 1.69. The Hall–Kier alpha value is -1.86. The van der Waals surface area contributed by atoms with Crippen molar-refractivity contribution in [3.05, 3.63) is 76.9 Å². The second kappa shape index (κ2) is 6.80. The van der Waals surface area contributed by atoms with Crippen molar-refractivity contribution in [1.82, 2.24) is 4.90 Å². The van der Waals surface area contributed by atoms with Gasteiger partial charge in [-0.3, -0.25) is 0 Å². The van der Waals surface area contributed by atoms with Crippen LogP contribution in [0.15, 0.2) is 54.6 Å². The van der Waals surface area contributed by atoms with Gasteiger partial charge in [0.1, 0.15) is 0 Å². The molecule has 0 bridgehead atoms. The van der Waals surface area contributed by atoms with Gasteiger partial charge in [-0.1, -0.05) is 74.9 Å². The Morgan fingerprint density at radius 3 is 2.00 bits per heavy atom. The molecule has 0 amide bonds. The number of likely N-dealkylation sites (tertiary alicyclic amines) is 1. The molecule has 1 fully saturated rings. The van der Waals surface area contributed by atoms with Gasteiger partial charge in [-0.05, 0) is 60.2 Å². The van der Waals surface area contributed by atoms with E-state index in [0.717, 1.165) is 6.42 Å². The largest absolute Gasteiger partial charge is 0.303 e. The van der Waals surface area contributed by atoms with E-state index in [4.69, 9.17) is 0 Å². The molecule has 2 aromatic rings. The van der Waals surface area contributed by atoms with E-state index in [1.54, 1.807) is 0 Å². The predicted octanol–water partition coefficient (Wildman–Crippen LogP) is 5.63. The molecule has 0 unspecified atom stereocenters. The van der Waals surface area contributed by atoms with Gasteiger partial charge in [-0.2, -0.15) is 0 Å². The minimum Gasteiger partial charge on any atom is -0.303 e. The fraction of sp³-hybridized carbons (Fsp3) is 0.417. The molecule has 0 saturated carbocycles. The van der Waals surface area contributed by atoms with Crippen molar-refractivity contribution in [2.45, 2.75) is 44.9 Å². The maximum atomic E-state index is 2.63. The Morgan fingerprint density at radius 1 is 0.840 bits per heavy atom. The number of hydrogen-bond donors (Lipinski definition) is 0. The molecule has 0 N–H and O–H groups in total. The van der Waals surface area contributed by atoms with Crippen LogP contribution >= 0.6 is 0 Å². The summed E-state index contributed by atoms with van der Waals surface area (Å²) in [6.07, 6.45) is 7.78. The third kappa shape index (κ3) is 3.06. The van der Waals surface area contributed by atoms with Gasteiger partial charge in [0.2, 0.25) is 0 Å². The highest BCUT2D eigenvalue weighted by atomic mass is 15.1. The summed E-state index contributed by atoms with van der Waals surface area (Å²) in [4.78, 5) is 2.63. The Kier molecular flexibility index (Phi) is 4.52. The summed E-state index contributed by atoms with van der Waals surface area (Å²) in [5.41, 5.74) is 7.25. The SMILES string of the molecule is CC1(C)c2ccccc2C(=CCCN2CCCCC2)c2ccccc21. The van der Waals surface area contributed by atoms with Crippen LogP contribution in [-0.4, -0.2) is 24.5 Å². The standard InChI is InChI=1S/C24H29N/c1-24(2)22-14-6-4-11-20(22)19(21-12-5-7-15-23(21)24)13-10-18-25-16-8-3-9-17-25/h4-7,11-15H,3,8-10,16-18H2,1-2H3. The average Bonchev–Trinajstić information content (AvgIpc) is 2.66. The molecule has 4 rings (SSSR count). The third-order valence-electron chi connectivity index (χ3n) is 6.02. The van der Waals surface area contributed by atoms with Crippen molar-refractivity contribution in [3.8, 4) is 0 Å². The lowest BCUT2D eigenvalue weighted by Gasteiger charge is -2.36. The molecule has 0 atom stereocenters. The van der Waals surface area contributed by atoms with Crippen molar-refractivity contribution in [2.75, 3.05) is 19.6 Å². The number of piperidine rings is 1. The van der Waals surface area contributed by atoms with E-state index in [2.05, 4.69) is 73.4 Å². The Labute approximate surface area is 152 Å². The molecule has 1 heterocycles. The first-order valence-electron chi connectivity index (χ1n) is 9.80. The lowest BCUT2D eigenvalue weighted by atomic mass is 9.67. The molecule has 25 heavy (non-hydrogen) atoms. The highest BCUT2D eigenvalue weighted by Gasteiger charge is 2.33. The zero-order chi connectivity index (χ0) is 17.3. The normalized spacial score (nSPS) is 19.2. The van der Waals surface area contributed by atoms with E-state index in [1.807, 2.05) is 0 Å². The van der Waals surface area contributed by atoms with E-state index in [9.17, 15) is 0 Å². The molecule has 0 spiro atoms. The minimum atomic E-state index is 0.0669. The molecule has 1 heteroatoms. The molecule has 1 aliphatic heterocycles. The van der Waals surface area contributed by atoms with Gasteiger partial charge in [0.05, 0.1) is 0 Å². The van der Waals surface area contributed by atoms with Gasteiger partial charge in [0.15, 0.2) is 0 Å². The van der Waals surface area contributed by atoms with E-state index >= 15 is 0 Å². The fourth-order valence-electron chi connectivity index (χ4n) is 4.61. The summed E-state index contributed by atoms with van der Waals surface area (Å²) in [5.74, 6) is 0. The van der Waals surface area contributed by atoms with E-state index in [-0.39, 0.29) is 5.41 Å². The van der Waals surface area contributed by atoms with Gasteiger partial charge in [0.25, 0.3) is 0 Å². The summed E-state index contributed by atoms with van der Waals surface area (Å²) in [7, 11) is 0. The summed E-state index contributed by atoms with van der Waals surface area (Å²) in [5, 5.41) is 0. The summed E-state index contributed by atoms with van der Waals surface area (Å²) in [6.45, 7) is 8.47. The topological polar surface area (TPSA) is 3.24 Å². The zero-order valence-electron chi connectivity index (χ0n) is 15.6. The average molecular weight is 332 g/mol. The maximum absolute atomic E-state index is 2.63. The van der Waals surface area contributed by atoms with Gasteiger partial charge in [0, 0.05) is 12.0 Å². The molecular formula is C24H29N. The molecule has 0 radical (unpaired) electrons. The molecule has 0 aromatic heterocycles. The predicted molar refractivity (Wildman–Crippen MR) is 107 cm³/mol. The maximum Gasteiger partial charge on any atom is 0.0158 e. The lowest BCUT2D eigenvalue weighted by Crippen LogP contribution is -2.30. The molecular weight excluding hydrogens is 302 g/mol. The van der Waals surface area contributed by atoms with Crippen molar-refractivity contribution >= 4 is 5.57 Å². The van der Waals surface area contributed by atoms with Crippen LogP contribution in [0.1, 0.15) is 61.8 Å². The minimum absolute atomic E-state index is 0.0669. The number of benzene rings is 2. The second-order valence-corrected chi connectivity index (χ2v) is 8.02. The molecule has 1 aliphatic carbocycles. The fourth-order valence-corrected chi connectivity index (χ4v) is 4.61. The number of hydrogen-bond acceptors (Lipinski definition) is 1. The Morgan fingerprint density at radius 2 is 1.40 bits per heavy atom. The van der Waals surface area contributed by atoms with Crippen LogP contribution in [0.3, 0.4) is 0 Å². The highest BCUT2D eigenvalue weighted by molar-refractivity contribution is 5.87. The van der Waals surface area contributed by atoms with E-state index in [0.29, 0.717) is 0 Å². The second-order valence-electron chi connectivity index (χ2n) is 8.02. The summed E-state index contributed by atoms with van der Waals surface area (Å²) >= 11 is 0. The first-order valence-corrected chi connectivity index (χ1v) is 9.80. The van der Waals surface area contributed by atoms with Crippen molar-refractivity contribution in [2.24, 2.45) is 0 Å². The quantitative estimate of drug-likeness (QED) is 0.704. The zero-order valence-corrected chi connectivity index (χ0v) is 15.6. The Bertz CT molecular complexity index is 727. The molecule has 130 valence electrons. The van der Waals surface area contributed by atoms with Crippen molar-refractivity contribution < 1.29 is 0 Å². The molecule has 1 saturated heterocycles. The van der Waals surface area contributed by atoms with Crippen LogP contribution in [0, 0.1) is 0 Å². The van der Waals surface area contributed by atoms with Crippen LogP contribution in [0.25, 0.3) is 5.57 Å². The van der Waals surface area contributed by atoms with Gasteiger partial charge < -0.3 is 4.90 Å². The van der Waals surface area contributed by atoms with Gasteiger partial charge in [-0.25, -0.2) is 0 Å². The van der Waals surface area contributed by atoms with Gasteiger partial charge in [-0.15, -0.1) is 0 Å². The van der Waals surface area contributed by atoms with Gasteiger partial charge >= 0.3 is 0 Å². The number of rotatable bonds is 3. The van der Waals surface area contributed by atoms with Crippen LogP contribution in [0.5, 0.6) is 0 Å². The monoisotopic (exact) mass is 331 g/mol. The smallest absolute Gasteiger partial charge is 0.0158 e. The van der Waals surface area contributed by atoms with Crippen LogP contribution < -0.4 is 0 Å². The van der Waals surface area contributed by atoms with Crippen LogP contribution in [-0.2, 0) is 5.41 Å². The summed E-state index contributed by atoms with van der Waals surface area (Å²) in [6, 6.07) is 18.0. The van der Waals surface area contributed by atoms with E-state index < -0.39 is 0 Å². The van der Waals surface area contributed by atoms with Crippen molar-refractivity contribution in [3.63, 3.8) is 0 Å². The summed E-state index contributed by atoms with van der Waals surface area (Å²) < 4.78 is 0. The first-order chi connectivity index (χ1) is 12.2. The van der Waals surface area contributed by atoms with E-state index in [1.165, 1.54) is 66.7 Å². The highest BCUT2D eigenvalue weighted by Crippen LogP contribution is 2.46. The number of fused-ring (bicyclic) bond motifs is 2. The molecule has 1 nitrogen and oxygen atoms in total. The first kappa shape index (κ1) is 16.6. The number of nitrogens with zero attached hydrogens (tertiary/aromatic N) is 1. The van der Waals surface area contributed by atoms with Crippen molar-refractivity contribution in [1.29, 1.82) is 0 Å². The van der Waals surface area contributed by atoms with Crippen LogP contribution in [0.4, 0.5) is 0 Å². The molecule has 2 aromatic carbocycles. The molecule has 2 aliphatic rings. The van der Waals surface area contributed by atoms with Crippen LogP contribution in [0.2, 0.25) is 0 Å².